The monoisotopic (exact) mass is 392 g/mol. The molecule has 1 aliphatic heterocycles. The number of aliphatic imine (C=N–C) groups is 1. The Balaban J connectivity index is 1.74. The number of methoxy groups -OCH3 is 2. The lowest BCUT2D eigenvalue weighted by molar-refractivity contribution is 0.00701. The molecule has 1 saturated heterocycles. The molecule has 0 bridgehead atoms. The van der Waals surface area contributed by atoms with Crippen molar-refractivity contribution in [2.24, 2.45) is 4.99 Å². The van der Waals surface area contributed by atoms with Gasteiger partial charge in [0.1, 0.15) is 5.60 Å². The van der Waals surface area contributed by atoms with Gasteiger partial charge in [0.2, 0.25) is 0 Å². The van der Waals surface area contributed by atoms with E-state index in [0.717, 1.165) is 30.0 Å². The van der Waals surface area contributed by atoms with Crippen LogP contribution in [0.5, 0.6) is 11.5 Å². The predicted octanol–water partition coefficient (Wildman–Crippen LogP) is 2.03. The maximum absolute atomic E-state index is 12.0. The highest BCUT2D eigenvalue weighted by Gasteiger charge is 2.34. The lowest BCUT2D eigenvalue weighted by atomic mass is 10.1. The SMILES string of the molecule is CN=C(NCCc1ccc(OC)c(OC)c1)NC1CN(C(=O)OC(C)(C)C)C1. The van der Waals surface area contributed by atoms with Crippen LogP contribution in [0.4, 0.5) is 4.79 Å². The molecule has 0 spiro atoms. The summed E-state index contributed by atoms with van der Waals surface area (Å²) >= 11 is 0. The lowest BCUT2D eigenvalue weighted by Crippen LogP contribution is -2.63. The van der Waals surface area contributed by atoms with E-state index in [2.05, 4.69) is 15.6 Å². The van der Waals surface area contributed by atoms with Crippen molar-refractivity contribution < 1.29 is 19.0 Å². The molecule has 1 aromatic carbocycles. The van der Waals surface area contributed by atoms with Crippen molar-refractivity contribution in [1.82, 2.24) is 15.5 Å². The Morgan fingerprint density at radius 1 is 1.21 bits per heavy atom. The number of carbonyl (C=O) groups is 1. The maximum Gasteiger partial charge on any atom is 0.410 e. The molecule has 8 heteroatoms. The largest absolute Gasteiger partial charge is 0.493 e. The minimum Gasteiger partial charge on any atom is -0.493 e. The summed E-state index contributed by atoms with van der Waals surface area (Å²) in [5.41, 5.74) is 0.664. The highest BCUT2D eigenvalue weighted by atomic mass is 16.6. The van der Waals surface area contributed by atoms with E-state index in [0.29, 0.717) is 19.0 Å². The van der Waals surface area contributed by atoms with Crippen molar-refractivity contribution in [1.29, 1.82) is 0 Å². The first-order valence-corrected chi connectivity index (χ1v) is 9.41. The van der Waals surface area contributed by atoms with E-state index in [9.17, 15) is 4.79 Å². The van der Waals surface area contributed by atoms with Crippen LogP contribution in [0, 0.1) is 0 Å². The molecule has 2 N–H and O–H groups in total. The number of amides is 1. The number of guanidine groups is 1. The number of likely N-dealkylation sites (tertiary alicyclic amines) is 1. The zero-order valence-electron chi connectivity index (χ0n) is 17.7. The zero-order valence-corrected chi connectivity index (χ0v) is 17.7. The molecule has 1 heterocycles. The Kier molecular flexibility index (Phi) is 7.37. The average Bonchev–Trinajstić information content (AvgIpc) is 2.60. The van der Waals surface area contributed by atoms with Gasteiger partial charge in [0.05, 0.1) is 20.3 Å². The summed E-state index contributed by atoms with van der Waals surface area (Å²) in [5, 5.41) is 6.62. The highest BCUT2D eigenvalue weighted by molar-refractivity contribution is 5.80. The summed E-state index contributed by atoms with van der Waals surface area (Å²) < 4.78 is 16.0. The molecule has 156 valence electrons. The van der Waals surface area contributed by atoms with E-state index in [1.807, 2.05) is 39.0 Å². The molecule has 0 saturated carbocycles. The van der Waals surface area contributed by atoms with E-state index < -0.39 is 5.60 Å². The molecule has 1 aliphatic rings. The first-order valence-electron chi connectivity index (χ1n) is 9.41. The van der Waals surface area contributed by atoms with Gasteiger partial charge in [-0.25, -0.2) is 4.79 Å². The zero-order chi connectivity index (χ0) is 20.7. The second kappa shape index (κ2) is 9.52. The number of ether oxygens (including phenoxy) is 3. The number of benzene rings is 1. The van der Waals surface area contributed by atoms with Crippen molar-refractivity contribution in [3.8, 4) is 11.5 Å². The van der Waals surface area contributed by atoms with Gasteiger partial charge < -0.3 is 29.7 Å². The number of nitrogens with zero attached hydrogens (tertiary/aromatic N) is 2. The molecule has 0 unspecified atom stereocenters. The van der Waals surface area contributed by atoms with Gasteiger partial charge in [-0.1, -0.05) is 6.07 Å². The maximum atomic E-state index is 12.0. The van der Waals surface area contributed by atoms with Crippen LogP contribution in [0.2, 0.25) is 0 Å². The second-order valence-corrected chi connectivity index (χ2v) is 7.66. The van der Waals surface area contributed by atoms with Crippen LogP contribution in [0.25, 0.3) is 0 Å². The van der Waals surface area contributed by atoms with Crippen LogP contribution in [0.1, 0.15) is 26.3 Å². The van der Waals surface area contributed by atoms with Crippen LogP contribution >= 0.6 is 0 Å². The van der Waals surface area contributed by atoms with E-state index in [-0.39, 0.29) is 12.1 Å². The summed E-state index contributed by atoms with van der Waals surface area (Å²) in [4.78, 5) is 17.9. The summed E-state index contributed by atoms with van der Waals surface area (Å²) in [6, 6.07) is 6.06. The Morgan fingerprint density at radius 2 is 1.89 bits per heavy atom. The number of nitrogens with one attached hydrogen (secondary N) is 2. The van der Waals surface area contributed by atoms with Crippen LogP contribution in [-0.2, 0) is 11.2 Å². The molecule has 1 fully saturated rings. The average molecular weight is 393 g/mol. The van der Waals surface area contributed by atoms with Gasteiger partial charge in [-0.15, -0.1) is 0 Å². The smallest absolute Gasteiger partial charge is 0.410 e. The third-order valence-corrected chi connectivity index (χ3v) is 4.25. The van der Waals surface area contributed by atoms with Crippen molar-refractivity contribution in [3.05, 3.63) is 23.8 Å². The topological polar surface area (TPSA) is 84.4 Å². The first-order chi connectivity index (χ1) is 13.3. The van der Waals surface area contributed by atoms with Crippen LogP contribution < -0.4 is 20.1 Å². The molecule has 0 aliphatic carbocycles. The Bertz CT molecular complexity index is 694. The van der Waals surface area contributed by atoms with Gasteiger partial charge in [0.15, 0.2) is 17.5 Å². The summed E-state index contributed by atoms with van der Waals surface area (Å²) in [6.07, 6.45) is 0.539. The number of hydrogen-bond donors (Lipinski definition) is 2. The van der Waals surface area contributed by atoms with E-state index >= 15 is 0 Å². The Labute approximate surface area is 167 Å². The lowest BCUT2D eigenvalue weighted by Gasteiger charge is -2.40. The summed E-state index contributed by atoms with van der Waals surface area (Å²) in [5.74, 6) is 2.16. The molecule has 0 radical (unpaired) electrons. The number of rotatable bonds is 6. The van der Waals surface area contributed by atoms with Gasteiger partial charge >= 0.3 is 6.09 Å². The molecule has 1 amide bonds. The van der Waals surface area contributed by atoms with Crippen molar-refractivity contribution in [3.63, 3.8) is 0 Å². The molecule has 2 rings (SSSR count). The van der Waals surface area contributed by atoms with Crippen molar-refractivity contribution >= 4 is 12.1 Å². The molecule has 28 heavy (non-hydrogen) atoms. The van der Waals surface area contributed by atoms with Gasteiger partial charge in [0, 0.05) is 26.7 Å². The molecule has 8 nitrogen and oxygen atoms in total. The molecule has 0 atom stereocenters. The molecular formula is C20H32N4O4. The minimum atomic E-state index is -0.475. The van der Waals surface area contributed by atoms with Crippen LogP contribution in [0.15, 0.2) is 23.2 Å². The molecule has 0 aromatic heterocycles. The third kappa shape index (κ3) is 6.21. The predicted molar refractivity (Wildman–Crippen MR) is 109 cm³/mol. The van der Waals surface area contributed by atoms with E-state index in [4.69, 9.17) is 14.2 Å². The van der Waals surface area contributed by atoms with E-state index in [1.54, 1.807) is 26.2 Å². The van der Waals surface area contributed by atoms with Gasteiger partial charge in [-0.05, 0) is 44.9 Å². The summed E-state index contributed by atoms with van der Waals surface area (Å²) in [7, 11) is 4.99. The standard InChI is InChI=1S/C20H32N4O4/c1-20(2,3)28-19(25)24-12-15(13-24)23-18(21-4)22-10-9-14-7-8-16(26-5)17(11-14)27-6/h7-8,11,15H,9-10,12-13H2,1-6H3,(H2,21,22,23). The third-order valence-electron chi connectivity index (χ3n) is 4.25. The fraction of sp³-hybridized carbons (Fsp3) is 0.600. The quantitative estimate of drug-likeness (QED) is 0.569. The Hall–Kier alpha value is -2.64. The van der Waals surface area contributed by atoms with Crippen molar-refractivity contribution in [2.45, 2.75) is 38.8 Å². The fourth-order valence-corrected chi connectivity index (χ4v) is 2.79. The van der Waals surface area contributed by atoms with Crippen LogP contribution in [0.3, 0.4) is 0 Å². The van der Waals surface area contributed by atoms with E-state index in [1.165, 1.54) is 0 Å². The first kappa shape index (κ1) is 21.7. The molecule has 1 aromatic rings. The highest BCUT2D eigenvalue weighted by Crippen LogP contribution is 2.27. The van der Waals surface area contributed by atoms with Gasteiger partial charge in [-0.3, -0.25) is 4.99 Å². The normalized spacial score (nSPS) is 14.9. The summed E-state index contributed by atoms with van der Waals surface area (Å²) in [6.45, 7) is 7.52. The van der Waals surface area contributed by atoms with Crippen LogP contribution in [-0.4, -0.2) is 69.5 Å². The molecular weight excluding hydrogens is 360 g/mol. The van der Waals surface area contributed by atoms with Gasteiger partial charge in [0.25, 0.3) is 0 Å². The minimum absolute atomic E-state index is 0.166. The van der Waals surface area contributed by atoms with Gasteiger partial charge in [-0.2, -0.15) is 0 Å². The number of hydrogen-bond acceptors (Lipinski definition) is 5. The second-order valence-electron chi connectivity index (χ2n) is 7.66. The Morgan fingerprint density at radius 3 is 2.46 bits per heavy atom. The number of carbonyl (C=O) groups excluding carboxylic acids is 1. The fourth-order valence-electron chi connectivity index (χ4n) is 2.79. The van der Waals surface area contributed by atoms with Crippen molar-refractivity contribution in [2.75, 3.05) is 40.9 Å².